The van der Waals surface area contributed by atoms with Gasteiger partial charge in [-0.05, 0) is 51.3 Å². The van der Waals surface area contributed by atoms with Crippen LogP contribution in [0.25, 0.3) is 0 Å². The van der Waals surface area contributed by atoms with Gasteiger partial charge in [-0.15, -0.1) is 0 Å². The van der Waals surface area contributed by atoms with Crippen LogP contribution < -0.4 is 15.0 Å². The van der Waals surface area contributed by atoms with E-state index < -0.39 is 59.6 Å². The molecule has 1 aromatic carbocycles. The quantitative estimate of drug-likeness (QED) is 0.335. The number of rotatable bonds is 6. The molecule has 0 aromatic heterocycles. The Kier molecular flexibility index (Phi) is 11.3. The van der Waals surface area contributed by atoms with Gasteiger partial charge in [0.25, 0.3) is 0 Å². The van der Waals surface area contributed by atoms with E-state index in [1.54, 1.807) is 20.9 Å². The van der Waals surface area contributed by atoms with E-state index in [0.717, 1.165) is 17.6 Å². The summed E-state index contributed by atoms with van der Waals surface area (Å²) in [4.78, 5) is 54.9. The fourth-order valence-corrected chi connectivity index (χ4v) is 6.30. The summed E-state index contributed by atoms with van der Waals surface area (Å²) in [5.41, 5.74) is -0.130. The summed E-state index contributed by atoms with van der Waals surface area (Å²) in [5.74, 6) is -1.59. The highest BCUT2D eigenvalue weighted by Crippen LogP contribution is 2.49. The van der Waals surface area contributed by atoms with E-state index in [1.807, 2.05) is 64.1 Å². The van der Waals surface area contributed by atoms with Crippen molar-refractivity contribution in [3.8, 4) is 5.75 Å². The number of aliphatic hydroxyl groups is 1. The summed E-state index contributed by atoms with van der Waals surface area (Å²) < 4.78 is 23.9. The van der Waals surface area contributed by atoms with E-state index >= 15 is 0 Å². The average molecular weight is 670 g/mol. The van der Waals surface area contributed by atoms with Gasteiger partial charge in [0, 0.05) is 51.0 Å². The van der Waals surface area contributed by atoms with Crippen LogP contribution in [0.5, 0.6) is 5.75 Å². The number of benzene rings is 1. The normalized spacial score (nSPS) is 33.2. The van der Waals surface area contributed by atoms with Gasteiger partial charge in [-0.3, -0.25) is 14.9 Å². The van der Waals surface area contributed by atoms with Gasteiger partial charge in [0.1, 0.15) is 35.3 Å². The molecule has 264 valence electrons. The molecule has 2 N–H and O–H groups in total. The van der Waals surface area contributed by atoms with Gasteiger partial charge in [0.2, 0.25) is 11.8 Å². The van der Waals surface area contributed by atoms with Crippen molar-refractivity contribution in [2.24, 2.45) is 11.8 Å². The fourth-order valence-electron chi connectivity index (χ4n) is 6.30. The van der Waals surface area contributed by atoms with E-state index in [1.165, 1.54) is 23.8 Å². The van der Waals surface area contributed by atoms with Crippen LogP contribution in [0.2, 0.25) is 0 Å². The molecular weight excluding hydrogens is 618 g/mol. The summed E-state index contributed by atoms with van der Waals surface area (Å²) >= 11 is 0. The smallest absolute Gasteiger partial charge is 0.409 e. The number of allylic oxidation sites excluding steroid dienone is 3. The number of likely N-dealkylation sites (N-methyl/N-ethyl adjacent to an activating group) is 1. The van der Waals surface area contributed by atoms with Gasteiger partial charge in [-0.25, -0.2) is 9.59 Å². The van der Waals surface area contributed by atoms with Crippen molar-refractivity contribution in [2.45, 2.75) is 110 Å². The first-order valence-electron chi connectivity index (χ1n) is 16.7. The molecule has 0 aliphatic carbocycles. The molecule has 12 heteroatoms. The molecule has 1 aromatic rings. The Hall–Kier alpha value is -3.90. The Bertz CT molecular complexity index is 1460. The van der Waals surface area contributed by atoms with Crippen molar-refractivity contribution in [2.75, 3.05) is 25.6 Å². The van der Waals surface area contributed by atoms with Gasteiger partial charge < -0.3 is 33.9 Å². The maximum Gasteiger partial charge on any atom is 0.409 e. The van der Waals surface area contributed by atoms with Crippen molar-refractivity contribution < 1.29 is 43.2 Å². The third-order valence-electron chi connectivity index (χ3n) is 9.92. The van der Waals surface area contributed by atoms with Crippen LogP contribution in [-0.4, -0.2) is 90.3 Å². The molecular formula is C36H51N3O9. The average Bonchev–Trinajstić information content (AvgIpc) is 3.72. The van der Waals surface area contributed by atoms with Gasteiger partial charge in [-0.2, -0.15) is 0 Å². The second-order valence-corrected chi connectivity index (χ2v) is 13.7. The standard InChI is InChI=1S/C36H51N3O9/c1-10-14-45-28-17-26-15-21(2)12-11-13-22(3)36(44)20-29(46-34(43)37-36)23(4)32-35(7,48-32)30(19-31(41)39(9)27(16-26)18-28)47-33(42)24(5)38(8)25(6)40/h11-13,16-18,22-24,29-30,32,44H,10,14-15,19-20H2,1-9H3,(H,37,43)/b13-11+,21-12+. The highest BCUT2D eigenvalue weighted by atomic mass is 16.7. The van der Waals surface area contributed by atoms with Crippen molar-refractivity contribution in [1.82, 2.24) is 10.2 Å². The zero-order valence-corrected chi connectivity index (χ0v) is 29.6. The van der Waals surface area contributed by atoms with Crippen molar-refractivity contribution in [3.63, 3.8) is 0 Å². The fraction of sp³-hybridized carbons (Fsp3) is 0.611. The number of nitrogens with one attached hydrogen (secondary N) is 1. The molecule has 0 saturated carbocycles. The summed E-state index contributed by atoms with van der Waals surface area (Å²) in [6.45, 7) is 12.9. The molecule has 8 atom stereocenters. The maximum atomic E-state index is 14.0. The van der Waals surface area contributed by atoms with Gasteiger partial charge >= 0.3 is 12.1 Å². The number of amides is 3. The molecule has 3 aliphatic rings. The number of ether oxygens (including phenoxy) is 4. The lowest BCUT2D eigenvalue weighted by atomic mass is 9.82. The SMILES string of the molecule is CCCOc1cc2cc(c1)N(C)C(=O)CC(OC(=O)C(C)N(C)C(C)=O)C1(C)OC1C(C)C1CC(O)(NC(=O)O1)C(C)/C=C/C=C(\C)C2. The predicted molar refractivity (Wildman–Crippen MR) is 179 cm³/mol. The zero-order valence-electron chi connectivity index (χ0n) is 29.6. The zero-order chi connectivity index (χ0) is 35.6. The highest BCUT2D eigenvalue weighted by Gasteiger charge is 2.64. The van der Waals surface area contributed by atoms with Crippen LogP contribution in [0, 0.1) is 11.8 Å². The molecule has 48 heavy (non-hydrogen) atoms. The van der Waals surface area contributed by atoms with E-state index in [2.05, 4.69) is 5.32 Å². The molecule has 3 amide bonds. The monoisotopic (exact) mass is 669 g/mol. The number of hydrogen-bond donors (Lipinski definition) is 2. The summed E-state index contributed by atoms with van der Waals surface area (Å²) in [7, 11) is 3.17. The Morgan fingerprint density at radius 1 is 1.23 bits per heavy atom. The van der Waals surface area contributed by atoms with Crippen molar-refractivity contribution in [3.05, 3.63) is 47.6 Å². The van der Waals surface area contributed by atoms with Crippen molar-refractivity contribution >= 4 is 29.6 Å². The summed E-state index contributed by atoms with van der Waals surface area (Å²) in [6, 6.07) is 4.78. The highest BCUT2D eigenvalue weighted by molar-refractivity contribution is 5.94. The second kappa shape index (κ2) is 14.7. The minimum Gasteiger partial charge on any atom is -0.494 e. The van der Waals surface area contributed by atoms with Crippen LogP contribution >= 0.6 is 0 Å². The Morgan fingerprint density at radius 3 is 2.60 bits per heavy atom. The van der Waals surface area contributed by atoms with Crippen LogP contribution in [0.4, 0.5) is 10.5 Å². The lowest BCUT2D eigenvalue weighted by molar-refractivity contribution is -0.161. The molecule has 0 spiro atoms. The largest absolute Gasteiger partial charge is 0.494 e. The number of esters is 1. The predicted octanol–water partition coefficient (Wildman–Crippen LogP) is 4.28. The van der Waals surface area contributed by atoms with E-state index in [0.29, 0.717) is 24.5 Å². The van der Waals surface area contributed by atoms with Crippen LogP contribution in [0.1, 0.15) is 73.3 Å². The molecule has 8 unspecified atom stereocenters. The number of nitrogens with zero attached hydrogens (tertiary/aromatic N) is 2. The lowest BCUT2D eigenvalue weighted by Crippen LogP contribution is -2.60. The molecule has 3 aliphatic heterocycles. The Morgan fingerprint density at radius 2 is 1.94 bits per heavy atom. The number of epoxide rings is 1. The van der Waals surface area contributed by atoms with Crippen molar-refractivity contribution in [1.29, 1.82) is 0 Å². The Balaban J connectivity index is 1.76. The number of hydrogen-bond acceptors (Lipinski definition) is 9. The third kappa shape index (κ3) is 8.20. The molecule has 3 heterocycles. The van der Waals surface area contributed by atoms with Crippen LogP contribution in [-0.2, 0) is 35.0 Å². The minimum atomic E-state index is -1.59. The van der Waals surface area contributed by atoms with E-state index in [-0.39, 0.29) is 24.7 Å². The molecule has 2 fully saturated rings. The third-order valence-corrected chi connectivity index (χ3v) is 9.92. The summed E-state index contributed by atoms with van der Waals surface area (Å²) in [6.07, 6.45) is 3.82. The maximum absolute atomic E-state index is 14.0. The second-order valence-electron chi connectivity index (χ2n) is 13.7. The summed E-state index contributed by atoms with van der Waals surface area (Å²) in [5, 5.41) is 14.2. The first-order chi connectivity index (χ1) is 22.5. The van der Waals surface area contributed by atoms with E-state index in [4.69, 9.17) is 18.9 Å². The van der Waals surface area contributed by atoms with Gasteiger partial charge in [0.05, 0.1) is 19.1 Å². The molecule has 0 radical (unpaired) electrons. The number of alkyl carbamates (subject to hydrolysis) is 1. The molecule has 12 nitrogen and oxygen atoms in total. The first kappa shape index (κ1) is 36.9. The van der Waals surface area contributed by atoms with E-state index in [9.17, 15) is 24.3 Å². The Labute approximate surface area is 283 Å². The molecule has 4 bridgehead atoms. The number of fused-ring (bicyclic) bond motifs is 5. The molecule has 2 saturated heterocycles. The lowest BCUT2D eigenvalue weighted by Gasteiger charge is -2.41. The molecule has 4 rings (SSSR count). The van der Waals surface area contributed by atoms with Gasteiger partial charge in [0.15, 0.2) is 0 Å². The number of carbonyl (C=O) groups is 4. The van der Waals surface area contributed by atoms with Crippen LogP contribution in [0.15, 0.2) is 42.0 Å². The minimum absolute atomic E-state index is 0.0863. The first-order valence-corrected chi connectivity index (χ1v) is 16.7. The van der Waals surface area contributed by atoms with Crippen LogP contribution in [0.3, 0.4) is 0 Å². The number of carbonyl (C=O) groups excluding carboxylic acids is 4. The van der Waals surface area contributed by atoms with Gasteiger partial charge in [-0.1, -0.05) is 44.6 Å². The number of anilines is 1. The topological polar surface area (TPSA) is 147 Å².